The summed E-state index contributed by atoms with van der Waals surface area (Å²) < 4.78 is 4.85. The summed E-state index contributed by atoms with van der Waals surface area (Å²) in [7, 11) is 1.60. The standard InChI is InChI=1S/C12H16ClN3O4.ClH/c1-20-7-6-14-4-5-15-12(17)10-8-9(13)2-3-11(10)16(18)19;/h2-3,8,14H,4-7H2,1H3,(H,15,17);1H. The lowest BCUT2D eigenvalue weighted by molar-refractivity contribution is -0.385. The van der Waals surface area contributed by atoms with Crippen LogP contribution in [-0.2, 0) is 4.74 Å². The Morgan fingerprint density at radius 1 is 1.38 bits per heavy atom. The number of hydrogen-bond donors (Lipinski definition) is 2. The highest BCUT2D eigenvalue weighted by molar-refractivity contribution is 6.31. The van der Waals surface area contributed by atoms with Gasteiger partial charge in [0.15, 0.2) is 0 Å². The van der Waals surface area contributed by atoms with Crippen LogP contribution in [0.2, 0.25) is 5.02 Å². The molecule has 0 saturated heterocycles. The van der Waals surface area contributed by atoms with Crippen LogP contribution in [0.1, 0.15) is 10.4 Å². The summed E-state index contributed by atoms with van der Waals surface area (Å²) in [6, 6.07) is 3.88. The zero-order valence-corrected chi connectivity index (χ0v) is 13.0. The normalized spacial score (nSPS) is 9.81. The smallest absolute Gasteiger partial charge is 0.282 e. The predicted molar refractivity (Wildman–Crippen MR) is 82.4 cm³/mol. The third kappa shape index (κ3) is 6.72. The topological polar surface area (TPSA) is 93.5 Å². The highest BCUT2D eigenvalue weighted by Crippen LogP contribution is 2.22. The van der Waals surface area contributed by atoms with Crippen molar-refractivity contribution in [3.63, 3.8) is 0 Å². The number of benzene rings is 1. The van der Waals surface area contributed by atoms with Gasteiger partial charge in [0.1, 0.15) is 5.56 Å². The van der Waals surface area contributed by atoms with E-state index in [1.165, 1.54) is 18.2 Å². The molecule has 0 heterocycles. The van der Waals surface area contributed by atoms with Gasteiger partial charge in [0.2, 0.25) is 0 Å². The minimum atomic E-state index is -0.609. The molecule has 0 aliphatic heterocycles. The molecular formula is C12H17Cl2N3O4. The summed E-state index contributed by atoms with van der Waals surface area (Å²) in [6.45, 7) is 2.15. The monoisotopic (exact) mass is 337 g/mol. The molecule has 1 amide bonds. The Morgan fingerprint density at radius 2 is 2.10 bits per heavy atom. The number of carbonyl (C=O) groups is 1. The summed E-state index contributed by atoms with van der Waals surface area (Å²) >= 11 is 5.76. The second-order valence-electron chi connectivity index (χ2n) is 3.92. The first-order valence-corrected chi connectivity index (χ1v) is 6.36. The van der Waals surface area contributed by atoms with Gasteiger partial charge in [0.25, 0.3) is 11.6 Å². The van der Waals surface area contributed by atoms with Gasteiger partial charge >= 0.3 is 0 Å². The molecular weight excluding hydrogens is 321 g/mol. The molecule has 1 aromatic rings. The van der Waals surface area contributed by atoms with E-state index in [1.807, 2.05) is 0 Å². The zero-order chi connectivity index (χ0) is 15.0. The van der Waals surface area contributed by atoms with Crippen LogP contribution in [0.3, 0.4) is 0 Å². The lowest BCUT2D eigenvalue weighted by atomic mass is 10.1. The lowest BCUT2D eigenvalue weighted by Crippen LogP contribution is -2.33. The Hall–Kier alpha value is -1.41. The van der Waals surface area contributed by atoms with Crippen molar-refractivity contribution < 1.29 is 14.5 Å². The number of amides is 1. The molecule has 2 N–H and O–H groups in total. The SMILES string of the molecule is COCCNCCNC(=O)c1cc(Cl)ccc1[N+](=O)[O-].Cl. The summed E-state index contributed by atoms with van der Waals surface area (Å²) in [5.74, 6) is -0.521. The number of halogens is 2. The van der Waals surface area contributed by atoms with Crippen LogP contribution in [0.25, 0.3) is 0 Å². The van der Waals surface area contributed by atoms with Gasteiger partial charge in [-0.25, -0.2) is 0 Å². The van der Waals surface area contributed by atoms with Crippen molar-refractivity contribution in [2.45, 2.75) is 0 Å². The first kappa shape index (κ1) is 19.6. The van der Waals surface area contributed by atoms with Gasteiger partial charge in [-0.2, -0.15) is 0 Å². The van der Waals surface area contributed by atoms with Crippen LogP contribution in [0.4, 0.5) is 5.69 Å². The van der Waals surface area contributed by atoms with Crippen molar-refractivity contribution in [3.8, 4) is 0 Å². The molecule has 0 radical (unpaired) electrons. The number of methoxy groups -OCH3 is 1. The quantitative estimate of drug-likeness (QED) is 0.427. The average Bonchev–Trinajstić information content (AvgIpc) is 2.42. The first-order chi connectivity index (χ1) is 9.56. The Bertz CT molecular complexity index is 486. The van der Waals surface area contributed by atoms with Gasteiger partial charge in [0.05, 0.1) is 11.5 Å². The van der Waals surface area contributed by atoms with Gasteiger partial charge in [-0.3, -0.25) is 14.9 Å². The van der Waals surface area contributed by atoms with Crippen molar-refractivity contribution in [2.75, 3.05) is 33.4 Å². The molecule has 0 aliphatic rings. The van der Waals surface area contributed by atoms with Crippen molar-refractivity contribution >= 4 is 35.6 Å². The highest BCUT2D eigenvalue weighted by atomic mass is 35.5. The highest BCUT2D eigenvalue weighted by Gasteiger charge is 2.19. The minimum Gasteiger partial charge on any atom is -0.383 e. The molecule has 0 aliphatic carbocycles. The minimum absolute atomic E-state index is 0. The third-order valence-electron chi connectivity index (χ3n) is 2.47. The number of ether oxygens (including phenoxy) is 1. The molecule has 1 aromatic carbocycles. The van der Waals surface area contributed by atoms with Crippen LogP contribution in [0.5, 0.6) is 0 Å². The van der Waals surface area contributed by atoms with Crippen LogP contribution in [0.15, 0.2) is 18.2 Å². The summed E-state index contributed by atoms with van der Waals surface area (Å²) in [4.78, 5) is 22.1. The molecule has 7 nitrogen and oxygen atoms in total. The summed E-state index contributed by atoms with van der Waals surface area (Å²) in [5, 5.41) is 16.8. The Kier molecular flexibility index (Phi) is 9.64. The van der Waals surface area contributed by atoms with E-state index in [1.54, 1.807) is 7.11 Å². The fraction of sp³-hybridized carbons (Fsp3) is 0.417. The van der Waals surface area contributed by atoms with Crippen LogP contribution in [-0.4, -0.2) is 44.2 Å². The van der Waals surface area contributed by atoms with Gasteiger partial charge in [-0.15, -0.1) is 12.4 Å². The number of nitro benzene ring substituents is 1. The van der Waals surface area contributed by atoms with Crippen molar-refractivity contribution in [2.24, 2.45) is 0 Å². The van der Waals surface area contributed by atoms with E-state index >= 15 is 0 Å². The molecule has 0 atom stereocenters. The molecule has 0 unspecified atom stereocenters. The summed E-state index contributed by atoms with van der Waals surface area (Å²) in [5.41, 5.74) is -0.307. The number of carbonyl (C=O) groups excluding carboxylic acids is 1. The number of nitrogens with one attached hydrogen (secondary N) is 2. The molecule has 9 heteroatoms. The average molecular weight is 338 g/mol. The van der Waals surface area contributed by atoms with E-state index in [-0.39, 0.29) is 28.7 Å². The van der Waals surface area contributed by atoms with E-state index < -0.39 is 10.8 Å². The Morgan fingerprint density at radius 3 is 2.71 bits per heavy atom. The van der Waals surface area contributed by atoms with Crippen LogP contribution in [0, 0.1) is 10.1 Å². The van der Waals surface area contributed by atoms with Crippen molar-refractivity contribution in [1.82, 2.24) is 10.6 Å². The summed E-state index contributed by atoms with van der Waals surface area (Å²) in [6.07, 6.45) is 0. The van der Waals surface area contributed by atoms with E-state index in [2.05, 4.69) is 10.6 Å². The maximum absolute atomic E-state index is 11.9. The van der Waals surface area contributed by atoms with E-state index in [0.717, 1.165) is 0 Å². The Balaban J connectivity index is 0.00000400. The first-order valence-electron chi connectivity index (χ1n) is 5.98. The second-order valence-corrected chi connectivity index (χ2v) is 4.35. The van der Waals surface area contributed by atoms with Gasteiger partial charge < -0.3 is 15.4 Å². The van der Waals surface area contributed by atoms with Crippen LogP contribution >= 0.6 is 24.0 Å². The molecule has 21 heavy (non-hydrogen) atoms. The molecule has 0 aromatic heterocycles. The molecule has 0 saturated carbocycles. The van der Waals surface area contributed by atoms with Gasteiger partial charge in [-0.05, 0) is 12.1 Å². The van der Waals surface area contributed by atoms with E-state index in [4.69, 9.17) is 16.3 Å². The fourth-order valence-electron chi connectivity index (χ4n) is 1.51. The molecule has 0 bridgehead atoms. The van der Waals surface area contributed by atoms with Gasteiger partial charge in [0, 0.05) is 37.8 Å². The molecule has 1 rings (SSSR count). The number of rotatable bonds is 8. The number of nitro groups is 1. The number of hydrogen-bond acceptors (Lipinski definition) is 5. The Labute approximate surface area is 133 Å². The molecule has 118 valence electrons. The molecule has 0 fully saturated rings. The van der Waals surface area contributed by atoms with E-state index in [9.17, 15) is 14.9 Å². The predicted octanol–water partition coefficient (Wildman–Crippen LogP) is 1.64. The fourth-order valence-corrected chi connectivity index (χ4v) is 1.68. The van der Waals surface area contributed by atoms with E-state index in [0.29, 0.717) is 26.2 Å². The second kappa shape index (κ2) is 10.3. The number of nitrogens with zero attached hydrogens (tertiary/aromatic N) is 1. The van der Waals surface area contributed by atoms with Crippen molar-refractivity contribution in [1.29, 1.82) is 0 Å². The largest absolute Gasteiger partial charge is 0.383 e. The maximum Gasteiger partial charge on any atom is 0.282 e. The zero-order valence-electron chi connectivity index (χ0n) is 11.4. The van der Waals surface area contributed by atoms with Crippen molar-refractivity contribution in [3.05, 3.63) is 38.9 Å². The molecule has 0 spiro atoms. The third-order valence-corrected chi connectivity index (χ3v) is 2.71. The van der Waals surface area contributed by atoms with Crippen LogP contribution < -0.4 is 10.6 Å². The maximum atomic E-state index is 11.9. The van der Waals surface area contributed by atoms with Gasteiger partial charge in [-0.1, -0.05) is 11.6 Å². The lowest BCUT2D eigenvalue weighted by Gasteiger charge is -2.07.